The van der Waals surface area contributed by atoms with E-state index in [1.54, 1.807) is 67.7 Å². The summed E-state index contributed by atoms with van der Waals surface area (Å²) in [5.41, 5.74) is 3.27. The maximum Gasteiger partial charge on any atom is 0.255 e. The van der Waals surface area contributed by atoms with Crippen molar-refractivity contribution in [2.75, 3.05) is 17.7 Å². The third kappa shape index (κ3) is 3.02. The number of carbonyl (C=O) groups is 3. The molecule has 0 spiro atoms. The molecule has 0 bridgehead atoms. The Kier molecular flexibility index (Phi) is 4.56. The molecular weight excluding hydrogens is 364 g/mol. The lowest BCUT2D eigenvalue weighted by molar-refractivity contribution is 0.0979. The Labute approximate surface area is 168 Å². The third-order valence-electron chi connectivity index (χ3n) is 4.98. The highest BCUT2D eigenvalue weighted by Crippen LogP contribution is 2.36. The molecule has 5 heteroatoms. The van der Waals surface area contributed by atoms with Crippen molar-refractivity contribution in [3.63, 3.8) is 0 Å². The summed E-state index contributed by atoms with van der Waals surface area (Å²) in [6.45, 7) is 3.71. The first kappa shape index (κ1) is 18.4. The van der Waals surface area contributed by atoms with Crippen molar-refractivity contribution in [2.24, 2.45) is 0 Å². The van der Waals surface area contributed by atoms with Gasteiger partial charge in [-0.15, -0.1) is 0 Å². The summed E-state index contributed by atoms with van der Waals surface area (Å²) in [4.78, 5) is 39.1. The molecule has 0 fully saturated rings. The number of fused-ring (bicyclic) bond motifs is 2. The monoisotopic (exact) mass is 382 g/mol. The Bertz CT molecular complexity index is 1190. The minimum Gasteiger partial charge on any atom is -0.388 e. The molecule has 0 unspecified atom stereocenters. The third-order valence-corrected chi connectivity index (χ3v) is 4.98. The highest BCUT2D eigenvalue weighted by molar-refractivity contribution is 6.32. The van der Waals surface area contributed by atoms with Gasteiger partial charge in [-0.25, -0.2) is 0 Å². The lowest BCUT2D eigenvalue weighted by Crippen LogP contribution is -2.25. The first-order valence-corrected chi connectivity index (χ1v) is 9.12. The maximum atomic E-state index is 13.2. The number of hydrogen-bond donors (Lipinski definition) is 2. The molecule has 1 aliphatic carbocycles. The summed E-state index contributed by atoms with van der Waals surface area (Å²) in [7, 11) is 1.69. The van der Waals surface area contributed by atoms with Crippen molar-refractivity contribution in [1.29, 1.82) is 0 Å². The molecule has 29 heavy (non-hydrogen) atoms. The van der Waals surface area contributed by atoms with E-state index < -0.39 is 0 Å². The zero-order chi connectivity index (χ0) is 20.5. The van der Waals surface area contributed by atoms with Gasteiger partial charge in [-0.1, -0.05) is 49.1 Å². The lowest BCUT2D eigenvalue weighted by atomic mass is 9.82. The average Bonchev–Trinajstić information content (AvgIpc) is 2.77. The molecule has 3 aromatic carbocycles. The summed E-state index contributed by atoms with van der Waals surface area (Å²) in [5.74, 6) is -0.904. The van der Waals surface area contributed by atoms with E-state index in [-0.39, 0.29) is 28.6 Å². The molecular formula is C24H18N2O3. The van der Waals surface area contributed by atoms with Gasteiger partial charge in [-0.05, 0) is 29.8 Å². The molecule has 1 amide bonds. The van der Waals surface area contributed by atoms with Gasteiger partial charge in [-0.3, -0.25) is 14.4 Å². The molecule has 0 saturated carbocycles. The van der Waals surface area contributed by atoms with E-state index in [4.69, 9.17) is 0 Å². The van der Waals surface area contributed by atoms with E-state index in [2.05, 4.69) is 17.2 Å². The fraction of sp³-hybridized carbons (Fsp3) is 0.0417. The van der Waals surface area contributed by atoms with E-state index in [0.29, 0.717) is 28.1 Å². The van der Waals surface area contributed by atoms with Crippen LogP contribution in [0.25, 0.3) is 6.08 Å². The second-order valence-corrected chi connectivity index (χ2v) is 6.65. The number of benzene rings is 3. The number of ketones is 2. The molecule has 4 rings (SSSR count). The average molecular weight is 382 g/mol. The van der Waals surface area contributed by atoms with Crippen LogP contribution < -0.4 is 10.6 Å². The first-order chi connectivity index (χ1) is 14.0. The normalized spacial score (nSPS) is 12.0. The van der Waals surface area contributed by atoms with Crippen LogP contribution in [0.15, 0.2) is 67.2 Å². The van der Waals surface area contributed by atoms with Gasteiger partial charge in [0.1, 0.15) is 0 Å². The number of nitrogens with one attached hydrogen (secondary N) is 2. The van der Waals surface area contributed by atoms with Crippen LogP contribution in [0.5, 0.6) is 0 Å². The van der Waals surface area contributed by atoms with Crippen molar-refractivity contribution in [3.8, 4) is 0 Å². The van der Waals surface area contributed by atoms with Crippen LogP contribution >= 0.6 is 0 Å². The Morgan fingerprint density at radius 2 is 1.48 bits per heavy atom. The summed E-state index contributed by atoms with van der Waals surface area (Å²) in [6, 6.07) is 17.0. The van der Waals surface area contributed by atoms with Gasteiger partial charge in [0, 0.05) is 29.4 Å². The quantitative estimate of drug-likeness (QED) is 0.549. The number of rotatable bonds is 4. The fourth-order valence-corrected chi connectivity index (χ4v) is 3.54. The summed E-state index contributed by atoms with van der Waals surface area (Å²) in [5, 5.41) is 5.76. The predicted octanol–water partition coefficient (Wildman–Crippen LogP) is 4.40. The highest BCUT2D eigenvalue weighted by Gasteiger charge is 2.34. The van der Waals surface area contributed by atoms with Crippen LogP contribution in [-0.4, -0.2) is 24.5 Å². The maximum absolute atomic E-state index is 13.2. The zero-order valence-electron chi connectivity index (χ0n) is 15.8. The van der Waals surface area contributed by atoms with E-state index in [1.807, 2.05) is 6.07 Å². The first-order valence-electron chi connectivity index (χ1n) is 9.12. The summed E-state index contributed by atoms with van der Waals surface area (Å²) in [6.07, 6.45) is 1.65. The molecule has 3 aromatic rings. The van der Waals surface area contributed by atoms with E-state index >= 15 is 0 Å². The Morgan fingerprint density at radius 1 is 0.862 bits per heavy atom. The van der Waals surface area contributed by atoms with Crippen molar-refractivity contribution in [1.82, 2.24) is 0 Å². The van der Waals surface area contributed by atoms with Crippen LogP contribution in [0.4, 0.5) is 11.4 Å². The van der Waals surface area contributed by atoms with Crippen molar-refractivity contribution >= 4 is 34.9 Å². The van der Waals surface area contributed by atoms with Gasteiger partial charge in [0.05, 0.1) is 16.8 Å². The largest absolute Gasteiger partial charge is 0.388 e. The standard InChI is InChI=1S/C24H18N2O3/c1-3-14-7-6-8-15(13-14)24(29)26-19-12-11-18(25-2)20-21(19)23(28)17-10-5-4-9-16(17)22(20)27/h3-13,25H,1H2,2H3,(H,26,29). The Hall–Kier alpha value is -3.99. The molecule has 0 aliphatic heterocycles. The fourth-order valence-electron chi connectivity index (χ4n) is 3.54. The smallest absolute Gasteiger partial charge is 0.255 e. The molecule has 5 nitrogen and oxygen atoms in total. The minimum absolute atomic E-state index is 0.203. The Morgan fingerprint density at radius 3 is 2.10 bits per heavy atom. The van der Waals surface area contributed by atoms with Crippen molar-refractivity contribution in [3.05, 3.63) is 101 Å². The summed E-state index contributed by atoms with van der Waals surface area (Å²) >= 11 is 0. The van der Waals surface area contributed by atoms with Crippen LogP contribution in [0.3, 0.4) is 0 Å². The van der Waals surface area contributed by atoms with Crippen molar-refractivity contribution in [2.45, 2.75) is 0 Å². The number of anilines is 2. The topological polar surface area (TPSA) is 75.3 Å². The van der Waals surface area contributed by atoms with E-state index in [1.165, 1.54) is 0 Å². The zero-order valence-corrected chi connectivity index (χ0v) is 15.8. The number of carbonyl (C=O) groups excluding carboxylic acids is 3. The van der Waals surface area contributed by atoms with Crippen LogP contribution in [0, 0.1) is 0 Å². The molecule has 2 N–H and O–H groups in total. The summed E-state index contributed by atoms with van der Waals surface area (Å²) < 4.78 is 0. The van der Waals surface area contributed by atoms with Crippen molar-refractivity contribution < 1.29 is 14.4 Å². The number of hydrogen-bond acceptors (Lipinski definition) is 4. The Balaban J connectivity index is 1.82. The minimum atomic E-state index is -0.368. The van der Waals surface area contributed by atoms with Gasteiger partial charge in [0.15, 0.2) is 11.6 Å². The van der Waals surface area contributed by atoms with Gasteiger partial charge in [0.2, 0.25) is 0 Å². The molecule has 1 aliphatic rings. The molecule has 142 valence electrons. The molecule has 0 radical (unpaired) electrons. The van der Waals surface area contributed by atoms with Gasteiger partial charge < -0.3 is 10.6 Å². The van der Waals surface area contributed by atoms with Gasteiger partial charge >= 0.3 is 0 Å². The van der Waals surface area contributed by atoms with E-state index in [0.717, 1.165) is 5.56 Å². The highest BCUT2D eigenvalue weighted by atomic mass is 16.2. The van der Waals surface area contributed by atoms with Gasteiger partial charge in [-0.2, -0.15) is 0 Å². The molecule has 0 saturated heterocycles. The second-order valence-electron chi connectivity index (χ2n) is 6.65. The van der Waals surface area contributed by atoms with Crippen LogP contribution in [0.1, 0.15) is 47.8 Å². The SMILES string of the molecule is C=Cc1cccc(C(=O)Nc2ccc(NC)c3c2C(=O)c2ccccc2C3=O)c1. The van der Waals surface area contributed by atoms with Crippen LogP contribution in [-0.2, 0) is 0 Å². The van der Waals surface area contributed by atoms with E-state index in [9.17, 15) is 14.4 Å². The predicted molar refractivity (Wildman–Crippen MR) is 114 cm³/mol. The second kappa shape index (κ2) is 7.20. The lowest BCUT2D eigenvalue weighted by Gasteiger charge is -2.23. The number of amides is 1. The van der Waals surface area contributed by atoms with Crippen LogP contribution in [0.2, 0.25) is 0 Å². The van der Waals surface area contributed by atoms with Gasteiger partial charge in [0.25, 0.3) is 5.91 Å². The molecule has 0 heterocycles. The molecule has 0 atom stereocenters. The molecule has 0 aromatic heterocycles.